The van der Waals surface area contributed by atoms with Crippen LogP contribution in [-0.4, -0.2) is 30.0 Å². The van der Waals surface area contributed by atoms with E-state index in [1.807, 2.05) is 43.0 Å². The predicted molar refractivity (Wildman–Crippen MR) is 84.4 cm³/mol. The lowest BCUT2D eigenvalue weighted by atomic mass is 10.1. The molecule has 2 N–H and O–H groups in total. The van der Waals surface area contributed by atoms with Gasteiger partial charge in [-0.3, -0.25) is 4.79 Å². The Bertz CT molecular complexity index is 435. The number of carbonyl (C=O) groups is 1. The van der Waals surface area contributed by atoms with Crippen LogP contribution in [0.4, 0.5) is 0 Å². The first-order chi connectivity index (χ1) is 9.16. The lowest BCUT2D eigenvalue weighted by Crippen LogP contribution is -2.41. The maximum atomic E-state index is 12.0. The van der Waals surface area contributed by atoms with Crippen LogP contribution in [0.25, 0.3) is 0 Å². The van der Waals surface area contributed by atoms with Crippen LogP contribution >= 0.6 is 27.7 Å². The second kappa shape index (κ2) is 7.31. The van der Waals surface area contributed by atoms with Crippen molar-refractivity contribution in [3.8, 4) is 0 Å². The molecule has 19 heavy (non-hydrogen) atoms. The Morgan fingerprint density at radius 3 is 3.05 bits per heavy atom. The van der Waals surface area contributed by atoms with E-state index in [0.29, 0.717) is 12.5 Å². The van der Waals surface area contributed by atoms with E-state index >= 15 is 0 Å². The van der Waals surface area contributed by atoms with Gasteiger partial charge in [0.2, 0.25) is 5.91 Å². The number of amides is 1. The standard InChI is InChI=1S/C14H19BrN2OS/c1-10(12-4-2-3-5-13(12)15)17-14(18)8-11-9-19-7-6-16-11/h2-5,10-11,16H,6-9H2,1H3,(H,17,18)/t10-,11?/m0/s1. The summed E-state index contributed by atoms with van der Waals surface area (Å²) in [6.07, 6.45) is 0.557. The SMILES string of the molecule is C[C@H](NC(=O)CC1CSCCN1)c1ccccc1Br. The maximum Gasteiger partial charge on any atom is 0.222 e. The highest BCUT2D eigenvalue weighted by Gasteiger charge is 2.18. The summed E-state index contributed by atoms with van der Waals surface area (Å²) >= 11 is 5.43. The van der Waals surface area contributed by atoms with Gasteiger partial charge >= 0.3 is 0 Å². The number of carbonyl (C=O) groups excluding carboxylic acids is 1. The Morgan fingerprint density at radius 1 is 1.58 bits per heavy atom. The smallest absolute Gasteiger partial charge is 0.222 e. The van der Waals surface area contributed by atoms with Gasteiger partial charge < -0.3 is 10.6 Å². The molecule has 1 fully saturated rings. The van der Waals surface area contributed by atoms with Crippen LogP contribution in [-0.2, 0) is 4.79 Å². The Hall–Kier alpha value is -0.520. The fourth-order valence-corrected chi connectivity index (χ4v) is 3.76. The van der Waals surface area contributed by atoms with Gasteiger partial charge in [0.05, 0.1) is 6.04 Å². The van der Waals surface area contributed by atoms with Crippen molar-refractivity contribution in [1.29, 1.82) is 0 Å². The molecular formula is C14H19BrN2OS. The summed E-state index contributed by atoms with van der Waals surface area (Å²) in [6, 6.07) is 8.33. The quantitative estimate of drug-likeness (QED) is 0.883. The number of halogens is 1. The molecule has 0 saturated carbocycles. The van der Waals surface area contributed by atoms with Crippen LogP contribution in [0.5, 0.6) is 0 Å². The minimum Gasteiger partial charge on any atom is -0.349 e. The highest BCUT2D eigenvalue weighted by atomic mass is 79.9. The molecule has 1 saturated heterocycles. The Kier molecular flexibility index (Phi) is 5.73. The summed E-state index contributed by atoms with van der Waals surface area (Å²) < 4.78 is 1.04. The number of benzene rings is 1. The van der Waals surface area contributed by atoms with Crippen molar-refractivity contribution in [3.05, 3.63) is 34.3 Å². The molecule has 0 spiro atoms. The molecule has 1 aliphatic heterocycles. The monoisotopic (exact) mass is 342 g/mol. The number of rotatable bonds is 4. The van der Waals surface area contributed by atoms with Crippen LogP contribution in [0, 0.1) is 0 Å². The van der Waals surface area contributed by atoms with Crippen molar-refractivity contribution in [2.24, 2.45) is 0 Å². The zero-order valence-corrected chi connectivity index (χ0v) is 13.4. The van der Waals surface area contributed by atoms with Crippen LogP contribution < -0.4 is 10.6 Å². The minimum absolute atomic E-state index is 0.0271. The summed E-state index contributed by atoms with van der Waals surface area (Å²) in [5.74, 6) is 2.28. The molecule has 0 aromatic heterocycles. The van der Waals surface area contributed by atoms with Gasteiger partial charge in [-0.25, -0.2) is 0 Å². The summed E-state index contributed by atoms with van der Waals surface area (Å²) in [5.41, 5.74) is 1.11. The molecule has 0 aliphatic carbocycles. The largest absolute Gasteiger partial charge is 0.349 e. The molecule has 1 heterocycles. The molecule has 1 unspecified atom stereocenters. The van der Waals surface area contributed by atoms with Gasteiger partial charge in [0.25, 0.3) is 0 Å². The van der Waals surface area contributed by atoms with Crippen LogP contribution in [0.15, 0.2) is 28.7 Å². The molecule has 104 valence electrons. The van der Waals surface area contributed by atoms with Crippen LogP contribution in [0.3, 0.4) is 0 Å². The van der Waals surface area contributed by atoms with Gasteiger partial charge in [0.1, 0.15) is 0 Å². The average Bonchev–Trinajstić information content (AvgIpc) is 2.40. The highest BCUT2D eigenvalue weighted by Crippen LogP contribution is 2.22. The van der Waals surface area contributed by atoms with E-state index in [1.165, 1.54) is 0 Å². The molecular weight excluding hydrogens is 324 g/mol. The minimum atomic E-state index is 0.0271. The molecule has 3 nitrogen and oxygen atoms in total. The van der Waals surface area contributed by atoms with Crippen LogP contribution in [0.1, 0.15) is 24.9 Å². The average molecular weight is 343 g/mol. The Morgan fingerprint density at radius 2 is 2.37 bits per heavy atom. The molecule has 1 amide bonds. The van der Waals surface area contributed by atoms with Gasteiger partial charge in [-0.15, -0.1) is 0 Å². The van der Waals surface area contributed by atoms with Gasteiger partial charge in [0, 0.05) is 35.0 Å². The maximum absolute atomic E-state index is 12.0. The molecule has 2 rings (SSSR count). The number of hydrogen-bond acceptors (Lipinski definition) is 3. The fourth-order valence-electron chi connectivity index (χ4n) is 2.18. The van der Waals surface area contributed by atoms with E-state index in [2.05, 4.69) is 26.6 Å². The molecule has 2 atom stereocenters. The van der Waals surface area contributed by atoms with E-state index < -0.39 is 0 Å². The zero-order valence-electron chi connectivity index (χ0n) is 11.0. The van der Waals surface area contributed by atoms with Crippen molar-refractivity contribution in [1.82, 2.24) is 10.6 Å². The Balaban J connectivity index is 1.86. The Labute approximate surface area is 127 Å². The van der Waals surface area contributed by atoms with Gasteiger partial charge in [-0.2, -0.15) is 11.8 Å². The molecule has 0 bridgehead atoms. The number of nitrogens with one attached hydrogen (secondary N) is 2. The summed E-state index contributed by atoms with van der Waals surface area (Å²) in [7, 11) is 0. The van der Waals surface area contributed by atoms with Crippen LogP contribution in [0.2, 0.25) is 0 Å². The van der Waals surface area contributed by atoms with E-state index in [0.717, 1.165) is 28.1 Å². The topological polar surface area (TPSA) is 41.1 Å². The molecule has 1 aromatic rings. The third-order valence-corrected chi connectivity index (χ3v) is 5.03. The summed E-state index contributed by atoms with van der Waals surface area (Å²) in [4.78, 5) is 12.0. The third kappa shape index (κ3) is 4.51. The first-order valence-electron chi connectivity index (χ1n) is 6.51. The lowest BCUT2D eigenvalue weighted by Gasteiger charge is -2.23. The molecule has 0 radical (unpaired) electrons. The first-order valence-corrected chi connectivity index (χ1v) is 8.46. The van der Waals surface area contributed by atoms with E-state index in [9.17, 15) is 4.79 Å². The first kappa shape index (κ1) is 14.9. The van der Waals surface area contributed by atoms with Gasteiger partial charge in [0.15, 0.2) is 0 Å². The van der Waals surface area contributed by atoms with Crippen molar-refractivity contribution in [2.45, 2.75) is 25.4 Å². The lowest BCUT2D eigenvalue weighted by molar-refractivity contribution is -0.122. The van der Waals surface area contributed by atoms with Crippen molar-refractivity contribution in [2.75, 3.05) is 18.1 Å². The second-order valence-electron chi connectivity index (χ2n) is 4.74. The highest BCUT2D eigenvalue weighted by molar-refractivity contribution is 9.10. The zero-order chi connectivity index (χ0) is 13.7. The van der Waals surface area contributed by atoms with E-state index in [4.69, 9.17) is 0 Å². The fraction of sp³-hybridized carbons (Fsp3) is 0.500. The van der Waals surface area contributed by atoms with Crippen molar-refractivity contribution in [3.63, 3.8) is 0 Å². The number of hydrogen-bond donors (Lipinski definition) is 2. The van der Waals surface area contributed by atoms with E-state index in [-0.39, 0.29) is 11.9 Å². The number of thioether (sulfide) groups is 1. The van der Waals surface area contributed by atoms with Crippen molar-refractivity contribution >= 4 is 33.6 Å². The van der Waals surface area contributed by atoms with Gasteiger partial charge in [-0.1, -0.05) is 34.1 Å². The van der Waals surface area contributed by atoms with Crippen molar-refractivity contribution < 1.29 is 4.79 Å². The third-order valence-electron chi connectivity index (χ3n) is 3.18. The normalized spacial score (nSPS) is 20.8. The second-order valence-corrected chi connectivity index (χ2v) is 6.74. The van der Waals surface area contributed by atoms with E-state index in [1.54, 1.807) is 0 Å². The molecule has 1 aliphatic rings. The molecule has 5 heteroatoms. The van der Waals surface area contributed by atoms with Gasteiger partial charge in [-0.05, 0) is 18.6 Å². The summed E-state index contributed by atoms with van der Waals surface area (Å²) in [5, 5.41) is 6.45. The predicted octanol–water partition coefficient (Wildman–Crippen LogP) is 2.72. The molecule has 1 aromatic carbocycles. The summed E-state index contributed by atoms with van der Waals surface area (Å²) in [6.45, 7) is 3.02.